The van der Waals surface area contributed by atoms with Crippen LogP contribution >= 0.6 is 0 Å². The van der Waals surface area contributed by atoms with E-state index in [9.17, 15) is 4.79 Å². The van der Waals surface area contributed by atoms with Crippen molar-refractivity contribution in [3.8, 4) is 0 Å². The maximum Gasteiger partial charge on any atom is 0.220 e. The molecule has 1 atom stereocenters. The SMILES string of the molecule is Cc1nn(C)cc1C(C)NC(=O)CCc1nn(C(C)C)c2c1COCC2. The van der Waals surface area contributed by atoms with Gasteiger partial charge in [0.15, 0.2) is 0 Å². The molecule has 0 aromatic carbocycles. The van der Waals surface area contributed by atoms with Crippen LogP contribution in [-0.4, -0.2) is 32.1 Å². The lowest BCUT2D eigenvalue weighted by Crippen LogP contribution is -2.27. The average molecular weight is 359 g/mol. The fraction of sp³-hybridized carbons (Fsp3) is 0.632. The third kappa shape index (κ3) is 3.82. The largest absolute Gasteiger partial charge is 0.376 e. The molecule has 26 heavy (non-hydrogen) atoms. The summed E-state index contributed by atoms with van der Waals surface area (Å²) in [4.78, 5) is 12.4. The Morgan fingerprint density at radius 1 is 1.35 bits per heavy atom. The summed E-state index contributed by atoms with van der Waals surface area (Å²) < 4.78 is 9.48. The zero-order valence-electron chi connectivity index (χ0n) is 16.4. The molecule has 1 aliphatic rings. The maximum atomic E-state index is 12.4. The summed E-state index contributed by atoms with van der Waals surface area (Å²) >= 11 is 0. The average Bonchev–Trinajstić information content (AvgIpc) is 3.13. The highest BCUT2D eigenvalue weighted by atomic mass is 16.5. The van der Waals surface area contributed by atoms with E-state index in [1.165, 1.54) is 11.3 Å². The molecular weight excluding hydrogens is 330 g/mol. The second kappa shape index (κ2) is 7.61. The highest BCUT2D eigenvalue weighted by molar-refractivity contribution is 5.76. The van der Waals surface area contributed by atoms with Gasteiger partial charge in [-0.15, -0.1) is 0 Å². The molecule has 1 amide bonds. The zero-order chi connectivity index (χ0) is 18.8. The molecule has 2 aromatic rings. The Labute approximate surface area is 154 Å². The van der Waals surface area contributed by atoms with Crippen molar-refractivity contribution in [3.63, 3.8) is 0 Å². The summed E-state index contributed by atoms with van der Waals surface area (Å²) in [5.41, 5.74) is 5.43. The van der Waals surface area contributed by atoms with E-state index in [-0.39, 0.29) is 11.9 Å². The summed E-state index contributed by atoms with van der Waals surface area (Å²) in [6.07, 6.45) is 3.91. The summed E-state index contributed by atoms with van der Waals surface area (Å²) in [5, 5.41) is 12.2. The third-order valence-electron chi connectivity index (χ3n) is 4.90. The van der Waals surface area contributed by atoms with Crippen molar-refractivity contribution < 1.29 is 9.53 Å². The number of nitrogens with one attached hydrogen (secondary N) is 1. The predicted molar refractivity (Wildman–Crippen MR) is 98.8 cm³/mol. The van der Waals surface area contributed by atoms with Gasteiger partial charge in [0.2, 0.25) is 5.91 Å². The van der Waals surface area contributed by atoms with Crippen molar-refractivity contribution in [2.24, 2.45) is 7.05 Å². The van der Waals surface area contributed by atoms with E-state index >= 15 is 0 Å². The quantitative estimate of drug-likeness (QED) is 0.859. The van der Waals surface area contributed by atoms with Crippen LogP contribution in [0.5, 0.6) is 0 Å². The first-order valence-electron chi connectivity index (χ1n) is 9.33. The number of amides is 1. The van der Waals surface area contributed by atoms with Gasteiger partial charge in [-0.2, -0.15) is 10.2 Å². The van der Waals surface area contributed by atoms with Crippen molar-refractivity contribution in [2.45, 2.75) is 65.6 Å². The van der Waals surface area contributed by atoms with Crippen molar-refractivity contribution in [3.05, 3.63) is 34.4 Å². The van der Waals surface area contributed by atoms with E-state index in [0.29, 0.717) is 25.5 Å². The molecule has 1 N–H and O–H groups in total. The second-order valence-corrected chi connectivity index (χ2v) is 7.35. The Morgan fingerprint density at radius 3 is 2.77 bits per heavy atom. The highest BCUT2D eigenvalue weighted by Crippen LogP contribution is 2.24. The molecule has 2 aromatic heterocycles. The Bertz CT molecular complexity index is 790. The van der Waals surface area contributed by atoms with E-state index in [1.54, 1.807) is 4.68 Å². The van der Waals surface area contributed by atoms with Gasteiger partial charge in [0.1, 0.15) is 0 Å². The topological polar surface area (TPSA) is 74.0 Å². The molecule has 3 rings (SSSR count). The normalized spacial score (nSPS) is 15.2. The number of hydrogen-bond donors (Lipinski definition) is 1. The summed E-state index contributed by atoms with van der Waals surface area (Å²) in [5.74, 6) is 0.0327. The number of fused-ring (bicyclic) bond motifs is 1. The van der Waals surface area contributed by atoms with E-state index in [1.807, 2.05) is 27.1 Å². The van der Waals surface area contributed by atoms with Gasteiger partial charge in [0.05, 0.1) is 30.6 Å². The van der Waals surface area contributed by atoms with Crippen molar-refractivity contribution in [1.29, 1.82) is 0 Å². The predicted octanol–water partition coefficient (Wildman–Crippen LogP) is 2.39. The number of hydrogen-bond acceptors (Lipinski definition) is 4. The van der Waals surface area contributed by atoms with Crippen LogP contribution in [0.4, 0.5) is 0 Å². The van der Waals surface area contributed by atoms with E-state index in [4.69, 9.17) is 9.84 Å². The van der Waals surface area contributed by atoms with Crippen LogP contribution in [-0.2, 0) is 36.0 Å². The molecule has 142 valence electrons. The van der Waals surface area contributed by atoms with Gasteiger partial charge in [-0.05, 0) is 27.7 Å². The standard InChI is InChI=1S/C19H29N5O2/c1-12(2)24-18-8-9-26-11-16(18)17(22-24)6-7-19(25)20-13(3)15-10-23(5)21-14(15)4/h10,12-13H,6-9,11H2,1-5H3,(H,20,25). The number of rotatable bonds is 6. The van der Waals surface area contributed by atoms with Gasteiger partial charge in [-0.1, -0.05) is 0 Å². The molecular formula is C19H29N5O2. The molecule has 7 nitrogen and oxygen atoms in total. The lowest BCUT2D eigenvalue weighted by Gasteiger charge is -2.16. The molecule has 0 bridgehead atoms. The molecule has 0 spiro atoms. The molecule has 0 saturated heterocycles. The minimum atomic E-state index is -0.0540. The fourth-order valence-corrected chi connectivity index (χ4v) is 3.63. The van der Waals surface area contributed by atoms with Gasteiger partial charge in [-0.25, -0.2) is 0 Å². The molecule has 1 aliphatic heterocycles. The van der Waals surface area contributed by atoms with Gasteiger partial charge in [0, 0.05) is 55.4 Å². The first kappa shape index (κ1) is 18.6. The number of carbonyl (C=O) groups is 1. The van der Waals surface area contributed by atoms with Gasteiger partial charge in [-0.3, -0.25) is 14.2 Å². The maximum absolute atomic E-state index is 12.4. The van der Waals surface area contributed by atoms with E-state index < -0.39 is 0 Å². The molecule has 0 fully saturated rings. The van der Waals surface area contributed by atoms with E-state index in [0.717, 1.165) is 30.0 Å². The Hall–Kier alpha value is -2.15. The molecule has 0 saturated carbocycles. The van der Waals surface area contributed by atoms with Crippen LogP contribution in [0.1, 0.15) is 67.5 Å². The van der Waals surface area contributed by atoms with Crippen LogP contribution in [0.25, 0.3) is 0 Å². The molecule has 7 heteroatoms. The summed E-state index contributed by atoms with van der Waals surface area (Å²) in [6.45, 7) is 9.57. The van der Waals surface area contributed by atoms with Crippen LogP contribution in [0, 0.1) is 6.92 Å². The highest BCUT2D eigenvalue weighted by Gasteiger charge is 2.23. The fourth-order valence-electron chi connectivity index (χ4n) is 3.63. The minimum Gasteiger partial charge on any atom is -0.376 e. The molecule has 3 heterocycles. The molecule has 1 unspecified atom stereocenters. The molecule has 0 aliphatic carbocycles. The van der Waals surface area contributed by atoms with Crippen LogP contribution in [0.3, 0.4) is 0 Å². The van der Waals surface area contributed by atoms with Gasteiger partial charge >= 0.3 is 0 Å². The lowest BCUT2D eigenvalue weighted by molar-refractivity contribution is -0.121. The van der Waals surface area contributed by atoms with Gasteiger partial charge < -0.3 is 10.1 Å². The number of aryl methyl sites for hydroxylation is 3. The monoisotopic (exact) mass is 359 g/mol. The zero-order valence-corrected chi connectivity index (χ0v) is 16.4. The summed E-state index contributed by atoms with van der Waals surface area (Å²) in [6, 6.07) is 0.264. The Morgan fingerprint density at radius 2 is 2.12 bits per heavy atom. The van der Waals surface area contributed by atoms with Crippen molar-refractivity contribution in [1.82, 2.24) is 24.9 Å². The molecule has 0 radical (unpaired) electrons. The number of nitrogens with zero attached hydrogens (tertiary/aromatic N) is 4. The van der Waals surface area contributed by atoms with Gasteiger partial charge in [0.25, 0.3) is 0 Å². The van der Waals surface area contributed by atoms with Crippen molar-refractivity contribution >= 4 is 5.91 Å². The second-order valence-electron chi connectivity index (χ2n) is 7.35. The lowest BCUT2D eigenvalue weighted by atomic mass is 10.1. The number of carbonyl (C=O) groups excluding carboxylic acids is 1. The first-order chi connectivity index (χ1) is 12.4. The third-order valence-corrected chi connectivity index (χ3v) is 4.90. The van der Waals surface area contributed by atoms with Crippen LogP contribution < -0.4 is 5.32 Å². The minimum absolute atomic E-state index is 0.0327. The smallest absolute Gasteiger partial charge is 0.220 e. The number of ether oxygens (including phenoxy) is 1. The first-order valence-corrected chi connectivity index (χ1v) is 9.33. The van der Waals surface area contributed by atoms with E-state index in [2.05, 4.69) is 28.9 Å². The Kier molecular flexibility index (Phi) is 5.46. The van der Waals surface area contributed by atoms with Crippen LogP contribution in [0.2, 0.25) is 0 Å². The summed E-state index contributed by atoms with van der Waals surface area (Å²) in [7, 11) is 1.89. The van der Waals surface area contributed by atoms with Crippen molar-refractivity contribution in [2.75, 3.05) is 6.61 Å². The van der Waals surface area contributed by atoms with Crippen LogP contribution in [0.15, 0.2) is 6.20 Å². The number of aromatic nitrogens is 4. The Balaban J connectivity index is 1.64.